The minimum absolute atomic E-state index is 0. The van der Waals surface area contributed by atoms with Crippen molar-refractivity contribution in [3.8, 4) is 0 Å². The number of hydrogen-bond acceptors (Lipinski definition) is 3. The van der Waals surface area contributed by atoms with Crippen LogP contribution < -0.4 is 4.90 Å². The molecule has 2 aromatic rings. The zero-order valence-electron chi connectivity index (χ0n) is 19.6. The van der Waals surface area contributed by atoms with Gasteiger partial charge in [0.25, 0.3) is 5.91 Å². The molecule has 172 valence electrons. The van der Waals surface area contributed by atoms with Gasteiger partial charge in [-0.2, -0.15) is 13.2 Å². The Bertz CT molecular complexity index is 792. The Balaban J connectivity index is -0.0000000741. The average molecular weight is 960 g/mol. The minimum Gasteiger partial charge on any atom is -0.358 e. The molecule has 0 unspecified atom stereocenters. The normalized spacial score (nSPS) is 11.8. The van der Waals surface area contributed by atoms with Gasteiger partial charge in [0, 0.05) is 203 Å². The number of amides is 1. The molecule has 0 spiro atoms. The summed E-state index contributed by atoms with van der Waals surface area (Å²) >= 11 is 6.66. The Morgan fingerprint density at radius 1 is 0.794 bits per heavy atom. The van der Waals surface area contributed by atoms with Gasteiger partial charge in [0.2, 0.25) is 0 Å². The first-order valence-corrected chi connectivity index (χ1v) is 8.43. The largest absolute Gasteiger partial charge is 0.386 e. The number of para-hydroxylation sites is 1. The number of alkyl halides is 3. The Labute approximate surface area is 363 Å². The molecule has 2 aromatic carbocycles. The Morgan fingerprint density at radius 3 is 1.53 bits per heavy atom. The molecule has 1 fully saturated rings. The summed E-state index contributed by atoms with van der Waals surface area (Å²) in [6.45, 7) is 0.188. The Hall–Kier alpha value is 4.50. The molecule has 0 bridgehead atoms. The molecule has 0 saturated carbocycles. The number of carbonyl (C=O) groups is 1. The number of carbonyl (C=O) groups excluding carboxylic acids is 1. The molecule has 2 nitrogen and oxygen atoms in total. The van der Waals surface area contributed by atoms with Gasteiger partial charge < -0.3 is 22.3 Å². The van der Waals surface area contributed by atoms with E-state index in [0.29, 0.717) is 9.23 Å². The van der Waals surface area contributed by atoms with Gasteiger partial charge in [-0.3, -0.25) is 9.69 Å². The van der Waals surface area contributed by atoms with Crippen LogP contribution >= 0.6 is 24.0 Å². The molecule has 6 radical (unpaired) electrons. The number of hydrogen-bond donors (Lipinski definition) is 0. The SMILES string of the molecule is CC(F)(F)F.O=C1C(=Cc2ccccc2)SC(=S)N1c1ccccc1.[CH3-].[CH3-].[CH3-].[Y].[Y].[Y].[Y].[Y].[Y]. The van der Waals surface area contributed by atoms with Gasteiger partial charge in [-0.15, -0.1) is 0 Å². The van der Waals surface area contributed by atoms with Crippen molar-refractivity contribution in [2.45, 2.75) is 13.1 Å². The zero-order chi connectivity index (χ0) is 18.4. The van der Waals surface area contributed by atoms with E-state index in [1.165, 1.54) is 11.8 Å². The van der Waals surface area contributed by atoms with Crippen LogP contribution in [0.1, 0.15) is 12.5 Å². The first-order valence-electron chi connectivity index (χ1n) is 7.20. The van der Waals surface area contributed by atoms with Gasteiger partial charge in [0.15, 0.2) is 4.32 Å². The molecule has 1 aliphatic rings. The predicted molar refractivity (Wildman–Crippen MR) is 120 cm³/mol. The molecule has 13 heteroatoms. The first kappa shape index (κ1) is 58.2. The second-order valence-electron chi connectivity index (χ2n) is 5.04. The van der Waals surface area contributed by atoms with Crippen LogP contribution in [0.5, 0.6) is 0 Å². The molecule has 0 aliphatic carbocycles. The van der Waals surface area contributed by atoms with Crippen LogP contribution in [0.3, 0.4) is 0 Å². The van der Waals surface area contributed by atoms with E-state index in [-0.39, 0.29) is 231 Å². The maximum absolute atomic E-state index is 12.5. The molecule has 1 saturated heterocycles. The van der Waals surface area contributed by atoms with Crippen LogP contribution in [0.25, 0.3) is 6.08 Å². The van der Waals surface area contributed by atoms with E-state index in [4.69, 9.17) is 12.2 Å². The van der Waals surface area contributed by atoms with E-state index in [1.807, 2.05) is 66.7 Å². The predicted octanol–water partition coefficient (Wildman–Crippen LogP) is 7.00. The van der Waals surface area contributed by atoms with Crippen molar-refractivity contribution in [3.05, 3.63) is 93.4 Å². The average Bonchev–Trinajstić information content (AvgIpc) is 2.81. The summed E-state index contributed by atoms with van der Waals surface area (Å²) in [4.78, 5) is 14.7. The monoisotopic (exact) mass is 960 g/mol. The van der Waals surface area contributed by atoms with Crippen molar-refractivity contribution in [1.29, 1.82) is 0 Å². The molecular weight excluding hydrogens is 937 g/mol. The minimum atomic E-state index is -4.00. The summed E-state index contributed by atoms with van der Waals surface area (Å²) in [5.41, 5.74) is 1.81. The van der Waals surface area contributed by atoms with E-state index < -0.39 is 6.18 Å². The molecular formula is C21H23F3NOS2Y6-3. The van der Waals surface area contributed by atoms with Crippen LogP contribution in [0.15, 0.2) is 65.6 Å². The summed E-state index contributed by atoms with van der Waals surface area (Å²) < 4.78 is 31.6. The van der Waals surface area contributed by atoms with Crippen molar-refractivity contribution in [2.75, 3.05) is 4.90 Å². The third-order valence-electron chi connectivity index (χ3n) is 2.91. The molecule has 0 atom stereocenters. The summed E-state index contributed by atoms with van der Waals surface area (Å²) in [6, 6.07) is 19.3. The number of thioether (sulfide) groups is 1. The van der Waals surface area contributed by atoms with Crippen LogP contribution in [0.4, 0.5) is 18.9 Å². The fourth-order valence-electron chi connectivity index (χ4n) is 1.97. The summed E-state index contributed by atoms with van der Waals surface area (Å²) in [7, 11) is 0. The molecule has 3 rings (SSSR count). The van der Waals surface area contributed by atoms with E-state index >= 15 is 0 Å². The van der Waals surface area contributed by atoms with Crippen LogP contribution in [-0.2, 0) is 201 Å². The van der Waals surface area contributed by atoms with Crippen molar-refractivity contribution < 1.29 is 214 Å². The second kappa shape index (κ2) is 30.5. The maximum atomic E-state index is 12.5. The standard InChI is InChI=1S/C16H11NOS2.C2H3F3.3CH3.6Y/c18-15-14(11-12-7-3-1-4-8-12)20-16(19)17(15)13-9-5-2-6-10-13;1-2(3,4)5;;;;;;;;;/h1-11H;1H3;3*1H3;;;;;;/q;;3*-1;;;;;;. The molecule has 0 N–H and O–H groups in total. The fourth-order valence-corrected chi connectivity index (χ4v) is 3.27. The van der Waals surface area contributed by atoms with Crippen LogP contribution in [0.2, 0.25) is 0 Å². The smallest absolute Gasteiger partial charge is 0.358 e. The number of rotatable bonds is 2. The quantitative estimate of drug-likeness (QED) is 0.184. The number of thiocarbonyl (C=S) groups is 1. The molecule has 1 heterocycles. The van der Waals surface area contributed by atoms with Crippen molar-refractivity contribution in [3.63, 3.8) is 0 Å². The number of nitrogens with zero attached hydrogens (tertiary/aromatic N) is 1. The van der Waals surface area contributed by atoms with Gasteiger partial charge in [0.1, 0.15) is 0 Å². The van der Waals surface area contributed by atoms with E-state index in [0.717, 1.165) is 11.3 Å². The molecule has 0 aromatic heterocycles. The number of benzene rings is 2. The van der Waals surface area contributed by atoms with E-state index in [2.05, 4.69) is 0 Å². The Morgan fingerprint density at radius 2 is 1.15 bits per heavy atom. The van der Waals surface area contributed by atoms with Crippen molar-refractivity contribution in [1.82, 2.24) is 0 Å². The summed E-state index contributed by atoms with van der Waals surface area (Å²) in [5.74, 6) is -0.0601. The van der Waals surface area contributed by atoms with Gasteiger partial charge in [-0.05, 0) is 23.8 Å². The van der Waals surface area contributed by atoms with Gasteiger partial charge >= 0.3 is 6.18 Å². The maximum Gasteiger partial charge on any atom is 0.386 e. The van der Waals surface area contributed by atoms with Gasteiger partial charge in [0.05, 0.1) is 10.6 Å². The fraction of sp³-hybridized carbons (Fsp3) is 0.0952. The van der Waals surface area contributed by atoms with Crippen LogP contribution in [-0.4, -0.2) is 16.4 Å². The van der Waals surface area contributed by atoms with Gasteiger partial charge in [-0.1, -0.05) is 72.5 Å². The topological polar surface area (TPSA) is 20.3 Å². The van der Waals surface area contributed by atoms with Crippen LogP contribution in [0, 0.1) is 22.3 Å². The van der Waals surface area contributed by atoms with Crippen molar-refractivity contribution in [2.24, 2.45) is 0 Å². The van der Waals surface area contributed by atoms with E-state index in [9.17, 15) is 18.0 Å². The number of anilines is 1. The first-order chi connectivity index (χ1) is 11.8. The second-order valence-corrected chi connectivity index (χ2v) is 6.72. The third-order valence-corrected chi connectivity index (χ3v) is 4.21. The third kappa shape index (κ3) is 23.2. The molecule has 34 heavy (non-hydrogen) atoms. The van der Waals surface area contributed by atoms with Crippen molar-refractivity contribution >= 4 is 46.0 Å². The van der Waals surface area contributed by atoms with Gasteiger partial charge in [-0.25, -0.2) is 0 Å². The molecule has 1 amide bonds. The molecule has 1 aliphatic heterocycles. The summed E-state index contributed by atoms with van der Waals surface area (Å²) in [6.07, 6.45) is -2.12. The summed E-state index contributed by atoms with van der Waals surface area (Å²) in [5, 5.41) is 0. The van der Waals surface area contributed by atoms with E-state index in [1.54, 1.807) is 4.90 Å². The Kier molecular flexibility index (Phi) is 52.1. The zero-order valence-corrected chi connectivity index (χ0v) is 38.3. The number of halogens is 3.